The van der Waals surface area contributed by atoms with Crippen LogP contribution in [0.25, 0.3) is 0 Å². The molecule has 1 aromatic heterocycles. The van der Waals surface area contributed by atoms with Crippen molar-refractivity contribution in [2.75, 3.05) is 0 Å². The molecule has 22 heavy (non-hydrogen) atoms. The van der Waals surface area contributed by atoms with Gasteiger partial charge in [-0.1, -0.05) is 24.3 Å². The van der Waals surface area contributed by atoms with Gasteiger partial charge in [-0.25, -0.2) is 0 Å². The largest absolute Gasteiger partial charge is 0.192 e. The molecule has 0 amide bonds. The van der Waals surface area contributed by atoms with Crippen molar-refractivity contribution >= 4 is 0 Å². The lowest BCUT2D eigenvalue weighted by atomic mass is 9.97. The molecule has 0 radical (unpaired) electrons. The number of rotatable bonds is 3. The van der Waals surface area contributed by atoms with Crippen LogP contribution in [0, 0.1) is 22.7 Å². The first kappa shape index (κ1) is 13.5. The average Bonchev–Trinajstić information content (AvgIpc) is 3.10. The first-order valence-electron chi connectivity index (χ1n) is 6.68. The molecule has 3 aromatic rings. The molecule has 0 fully saturated rings. The van der Waals surface area contributed by atoms with Gasteiger partial charge in [0.05, 0.1) is 35.7 Å². The molecule has 3 rings (SSSR count). The van der Waals surface area contributed by atoms with Crippen LogP contribution in [0.4, 0.5) is 0 Å². The Labute approximate surface area is 127 Å². The fourth-order valence-electron chi connectivity index (χ4n) is 2.30. The van der Waals surface area contributed by atoms with Crippen molar-refractivity contribution in [3.8, 4) is 12.1 Å². The van der Waals surface area contributed by atoms with E-state index in [0.29, 0.717) is 11.1 Å². The molecule has 2 aromatic carbocycles. The summed E-state index contributed by atoms with van der Waals surface area (Å²) in [6, 6.07) is 18.7. The van der Waals surface area contributed by atoms with E-state index in [9.17, 15) is 0 Å². The second-order valence-corrected chi connectivity index (χ2v) is 4.72. The van der Waals surface area contributed by atoms with Gasteiger partial charge in [-0.2, -0.15) is 25.5 Å². The van der Waals surface area contributed by atoms with Gasteiger partial charge >= 0.3 is 0 Å². The number of hydrogen-bond donors (Lipinski definition) is 0. The zero-order valence-corrected chi connectivity index (χ0v) is 11.6. The van der Waals surface area contributed by atoms with E-state index in [1.807, 2.05) is 24.3 Å². The van der Waals surface area contributed by atoms with Gasteiger partial charge in [0, 0.05) is 0 Å². The predicted octanol–water partition coefficient (Wildman–Crippen LogP) is 2.66. The molecular weight excluding hydrogens is 274 g/mol. The highest BCUT2D eigenvalue weighted by atomic mass is 15.5. The van der Waals surface area contributed by atoms with Gasteiger partial charge in [-0.3, -0.25) is 0 Å². The third-order valence-electron chi connectivity index (χ3n) is 3.38. The minimum Gasteiger partial charge on any atom is -0.192 e. The van der Waals surface area contributed by atoms with Crippen LogP contribution in [0.2, 0.25) is 0 Å². The molecule has 0 bridgehead atoms. The molecule has 0 spiro atoms. The summed E-state index contributed by atoms with van der Waals surface area (Å²) in [5, 5.41) is 26.3. The summed E-state index contributed by atoms with van der Waals surface area (Å²) in [6.07, 6.45) is 3.25. The molecule has 0 aliphatic heterocycles. The highest BCUT2D eigenvalue weighted by molar-refractivity contribution is 5.39. The Morgan fingerprint density at radius 2 is 1.14 bits per heavy atom. The quantitative estimate of drug-likeness (QED) is 0.741. The molecule has 0 aliphatic carbocycles. The van der Waals surface area contributed by atoms with Gasteiger partial charge in [0.25, 0.3) is 0 Å². The van der Waals surface area contributed by atoms with Crippen molar-refractivity contribution in [1.82, 2.24) is 15.0 Å². The predicted molar refractivity (Wildman–Crippen MR) is 79.6 cm³/mol. The maximum absolute atomic E-state index is 8.92. The summed E-state index contributed by atoms with van der Waals surface area (Å²) < 4.78 is 0. The number of benzene rings is 2. The van der Waals surface area contributed by atoms with Gasteiger partial charge in [0.15, 0.2) is 0 Å². The molecule has 1 heterocycles. The van der Waals surface area contributed by atoms with Crippen molar-refractivity contribution in [2.45, 2.75) is 6.04 Å². The van der Waals surface area contributed by atoms with Crippen LogP contribution in [-0.2, 0) is 0 Å². The first-order chi connectivity index (χ1) is 10.8. The van der Waals surface area contributed by atoms with Gasteiger partial charge < -0.3 is 0 Å². The van der Waals surface area contributed by atoms with Crippen LogP contribution < -0.4 is 0 Å². The molecule has 0 unspecified atom stereocenters. The van der Waals surface area contributed by atoms with E-state index in [2.05, 4.69) is 22.3 Å². The fourth-order valence-corrected chi connectivity index (χ4v) is 2.30. The monoisotopic (exact) mass is 285 g/mol. The Bertz CT molecular complexity index is 777. The highest BCUT2D eigenvalue weighted by Gasteiger charge is 2.17. The fraction of sp³-hybridized carbons (Fsp3) is 0.0588. The van der Waals surface area contributed by atoms with E-state index in [-0.39, 0.29) is 6.04 Å². The van der Waals surface area contributed by atoms with E-state index in [1.165, 1.54) is 0 Å². The zero-order chi connectivity index (χ0) is 15.4. The molecule has 0 N–H and O–H groups in total. The number of hydrogen-bond acceptors (Lipinski definition) is 4. The summed E-state index contributed by atoms with van der Waals surface area (Å²) in [7, 11) is 0. The average molecular weight is 285 g/mol. The van der Waals surface area contributed by atoms with E-state index >= 15 is 0 Å². The van der Waals surface area contributed by atoms with E-state index in [4.69, 9.17) is 10.5 Å². The Kier molecular flexibility index (Phi) is 3.63. The summed E-state index contributed by atoms with van der Waals surface area (Å²) in [5.74, 6) is 0. The molecule has 0 aliphatic rings. The second kappa shape index (κ2) is 5.90. The maximum Gasteiger partial charge on any atom is 0.122 e. The molecular formula is C17H11N5. The van der Waals surface area contributed by atoms with E-state index in [0.717, 1.165) is 11.1 Å². The Balaban J connectivity index is 2.07. The van der Waals surface area contributed by atoms with E-state index in [1.54, 1.807) is 41.5 Å². The topological polar surface area (TPSA) is 78.3 Å². The Hall–Kier alpha value is -3.44. The lowest BCUT2D eigenvalue weighted by Crippen LogP contribution is -2.15. The lowest BCUT2D eigenvalue weighted by Gasteiger charge is -2.17. The van der Waals surface area contributed by atoms with Crippen LogP contribution in [-0.4, -0.2) is 15.0 Å². The Morgan fingerprint density at radius 3 is 1.50 bits per heavy atom. The molecule has 0 saturated carbocycles. The maximum atomic E-state index is 8.92. The van der Waals surface area contributed by atoms with Gasteiger partial charge in [0.2, 0.25) is 0 Å². The standard InChI is InChI=1S/C17H11N5/c18-11-13-1-5-15(6-2-13)17(22-20-9-10-21-22)16-7-3-14(12-19)4-8-16/h1-10,17H. The van der Waals surface area contributed by atoms with Gasteiger partial charge in [-0.15, -0.1) is 0 Å². The van der Waals surface area contributed by atoms with Crippen molar-refractivity contribution in [1.29, 1.82) is 10.5 Å². The molecule has 5 nitrogen and oxygen atoms in total. The number of nitrogens with zero attached hydrogens (tertiary/aromatic N) is 5. The SMILES string of the molecule is N#Cc1ccc(C(c2ccc(C#N)cc2)n2nccn2)cc1. The minimum absolute atomic E-state index is 0.199. The van der Waals surface area contributed by atoms with Crippen molar-refractivity contribution < 1.29 is 0 Å². The van der Waals surface area contributed by atoms with Crippen molar-refractivity contribution in [2.24, 2.45) is 0 Å². The number of aromatic nitrogens is 3. The zero-order valence-electron chi connectivity index (χ0n) is 11.6. The highest BCUT2D eigenvalue weighted by Crippen LogP contribution is 2.25. The van der Waals surface area contributed by atoms with Crippen LogP contribution in [0.1, 0.15) is 28.3 Å². The summed E-state index contributed by atoms with van der Waals surface area (Å²) in [5.41, 5.74) is 3.16. The van der Waals surface area contributed by atoms with Crippen molar-refractivity contribution in [3.05, 3.63) is 83.2 Å². The van der Waals surface area contributed by atoms with Crippen LogP contribution >= 0.6 is 0 Å². The van der Waals surface area contributed by atoms with Crippen molar-refractivity contribution in [3.63, 3.8) is 0 Å². The molecule has 0 atom stereocenters. The van der Waals surface area contributed by atoms with Gasteiger partial charge in [-0.05, 0) is 35.4 Å². The summed E-state index contributed by atoms with van der Waals surface area (Å²) in [4.78, 5) is 1.61. The van der Waals surface area contributed by atoms with Gasteiger partial charge in [0.1, 0.15) is 6.04 Å². The minimum atomic E-state index is -0.199. The lowest BCUT2D eigenvalue weighted by molar-refractivity contribution is 0.518. The third kappa shape index (κ3) is 2.56. The van der Waals surface area contributed by atoms with E-state index < -0.39 is 0 Å². The Morgan fingerprint density at radius 1 is 0.727 bits per heavy atom. The molecule has 5 heteroatoms. The second-order valence-electron chi connectivity index (χ2n) is 4.72. The van der Waals surface area contributed by atoms with Crippen LogP contribution in [0.5, 0.6) is 0 Å². The summed E-state index contributed by atoms with van der Waals surface area (Å²) in [6.45, 7) is 0. The third-order valence-corrected chi connectivity index (χ3v) is 3.38. The smallest absolute Gasteiger partial charge is 0.122 e. The van der Waals surface area contributed by atoms with Crippen LogP contribution in [0.3, 0.4) is 0 Å². The molecule has 104 valence electrons. The molecule has 0 saturated heterocycles. The van der Waals surface area contributed by atoms with Crippen LogP contribution in [0.15, 0.2) is 60.9 Å². The first-order valence-corrected chi connectivity index (χ1v) is 6.68. The normalized spacial score (nSPS) is 10.1. The number of nitriles is 2. The summed E-state index contributed by atoms with van der Waals surface area (Å²) >= 11 is 0.